The molecule has 5 nitrogen and oxygen atoms in total. The molecule has 96 valence electrons. The zero-order valence-corrected chi connectivity index (χ0v) is 9.97. The average Bonchev–Trinajstić information content (AvgIpc) is 2.63. The molecule has 0 bridgehead atoms. The number of cyclic esters (lactones) is 1. The highest BCUT2D eigenvalue weighted by Gasteiger charge is 2.57. The van der Waals surface area contributed by atoms with Crippen LogP contribution in [-0.4, -0.2) is 41.5 Å². The molecule has 0 aromatic heterocycles. The molecule has 3 aliphatic rings. The molecule has 0 radical (unpaired) electrons. The van der Waals surface area contributed by atoms with Gasteiger partial charge in [-0.2, -0.15) is 0 Å². The Morgan fingerprint density at radius 3 is 3.00 bits per heavy atom. The molecule has 3 unspecified atom stereocenters. The van der Waals surface area contributed by atoms with Crippen LogP contribution in [0.25, 0.3) is 0 Å². The summed E-state index contributed by atoms with van der Waals surface area (Å²) in [7, 11) is 0. The third kappa shape index (κ3) is 1.48. The molecule has 3 rings (SSSR count). The van der Waals surface area contributed by atoms with Gasteiger partial charge in [0.2, 0.25) is 0 Å². The van der Waals surface area contributed by atoms with Gasteiger partial charge in [-0.1, -0.05) is 12.8 Å². The SMILES string of the molecule is N[C@]12COC(=O)N1CC1CCCCC1C2CO. The van der Waals surface area contributed by atoms with Crippen molar-refractivity contribution in [3.05, 3.63) is 0 Å². The number of carbonyl (C=O) groups is 1. The number of piperidine rings is 1. The zero-order chi connectivity index (χ0) is 12.0. The van der Waals surface area contributed by atoms with Crippen molar-refractivity contribution in [2.45, 2.75) is 31.3 Å². The molecular formula is C12H20N2O3. The highest BCUT2D eigenvalue weighted by atomic mass is 16.6. The van der Waals surface area contributed by atoms with E-state index in [-0.39, 0.29) is 25.2 Å². The van der Waals surface area contributed by atoms with Crippen molar-refractivity contribution in [3.8, 4) is 0 Å². The van der Waals surface area contributed by atoms with Crippen LogP contribution in [0.1, 0.15) is 25.7 Å². The first-order valence-corrected chi connectivity index (χ1v) is 6.51. The summed E-state index contributed by atoms with van der Waals surface area (Å²) in [6, 6.07) is 0. The molecule has 5 heteroatoms. The van der Waals surface area contributed by atoms with Gasteiger partial charge >= 0.3 is 6.09 Å². The number of amides is 1. The number of hydrogen-bond donors (Lipinski definition) is 2. The number of aliphatic hydroxyl groups excluding tert-OH is 1. The van der Waals surface area contributed by atoms with Gasteiger partial charge in [0.05, 0.1) is 0 Å². The van der Waals surface area contributed by atoms with Crippen LogP contribution in [0.15, 0.2) is 0 Å². The minimum absolute atomic E-state index is 0.0343. The fourth-order valence-electron chi connectivity index (χ4n) is 3.95. The number of nitrogens with two attached hydrogens (primary N) is 1. The molecule has 3 N–H and O–H groups in total. The lowest BCUT2D eigenvalue weighted by atomic mass is 9.65. The molecule has 0 aromatic rings. The summed E-state index contributed by atoms with van der Waals surface area (Å²) in [4.78, 5) is 13.3. The predicted molar refractivity (Wildman–Crippen MR) is 61.0 cm³/mol. The van der Waals surface area contributed by atoms with Crippen molar-refractivity contribution in [2.75, 3.05) is 19.8 Å². The summed E-state index contributed by atoms with van der Waals surface area (Å²) >= 11 is 0. The minimum atomic E-state index is -0.773. The van der Waals surface area contributed by atoms with E-state index in [1.54, 1.807) is 4.90 Å². The molecule has 2 aliphatic heterocycles. The largest absolute Gasteiger partial charge is 0.445 e. The molecule has 2 saturated heterocycles. The first kappa shape index (κ1) is 11.3. The Kier molecular flexibility index (Phi) is 2.56. The first-order valence-electron chi connectivity index (χ1n) is 6.51. The molecule has 0 spiro atoms. The van der Waals surface area contributed by atoms with Crippen LogP contribution in [0.2, 0.25) is 0 Å². The van der Waals surface area contributed by atoms with Crippen molar-refractivity contribution in [2.24, 2.45) is 23.5 Å². The van der Waals surface area contributed by atoms with Crippen molar-refractivity contribution >= 4 is 6.09 Å². The maximum absolute atomic E-state index is 11.7. The quantitative estimate of drug-likeness (QED) is 0.700. The van der Waals surface area contributed by atoms with Crippen LogP contribution in [0, 0.1) is 17.8 Å². The van der Waals surface area contributed by atoms with Crippen molar-refractivity contribution < 1.29 is 14.6 Å². The molecule has 17 heavy (non-hydrogen) atoms. The Bertz CT molecular complexity index is 336. The average molecular weight is 240 g/mol. The highest BCUT2D eigenvalue weighted by Crippen LogP contribution is 2.46. The summed E-state index contributed by atoms with van der Waals surface area (Å²) in [6.07, 6.45) is 4.38. The Labute approximate surface area is 101 Å². The Morgan fingerprint density at radius 2 is 2.24 bits per heavy atom. The Balaban J connectivity index is 1.93. The third-order valence-electron chi connectivity index (χ3n) is 4.89. The summed E-state index contributed by atoms with van der Waals surface area (Å²) in [5, 5.41) is 9.65. The molecule has 1 amide bonds. The van der Waals surface area contributed by atoms with E-state index in [0.717, 1.165) is 12.8 Å². The highest BCUT2D eigenvalue weighted by molar-refractivity contribution is 5.71. The lowest BCUT2D eigenvalue weighted by molar-refractivity contribution is -0.0593. The topological polar surface area (TPSA) is 75.8 Å². The summed E-state index contributed by atoms with van der Waals surface area (Å²) in [6.45, 7) is 0.974. The van der Waals surface area contributed by atoms with Crippen LogP contribution < -0.4 is 5.73 Å². The van der Waals surface area contributed by atoms with E-state index in [1.165, 1.54) is 12.8 Å². The fraction of sp³-hybridized carbons (Fsp3) is 0.917. The van der Waals surface area contributed by atoms with Gasteiger partial charge in [0.25, 0.3) is 0 Å². The van der Waals surface area contributed by atoms with Crippen molar-refractivity contribution in [1.29, 1.82) is 0 Å². The van der Waals surface area contributed by atoms with Crippen LogP contribution in [0.3, 0.4) is 0 Å². The molecule has 1 aliphatic carbocycles. The second-order valence-electron chi connectivity index (χ2n) is 5.65. The van der Waals surface area contributed by atoms with Gasteiger partial charge in [0.15, 0.2) is 0 Å². The monoisotopic (exact) mass is 240 g/mol. The van der Waals surface area contributed by atoms with Crippen LogP contribution in [0.4, 0.5) is 4.79 Å². The van der Waals surface area contributed by atoms with Crippen LogP contribution >= 0.6 is 0 Å². The van der Waals surface area contributed by atoms with Crippen LogP contribution in [-0.2, 0) is 4.74 Å². The van der Waals surface area contributed by atoms with Gasteiger partial charge < -0.3 is 15.6 Å². The fourth-order valence-corrected chi connectivity index (χ4v) is 3.95. The minimum Gasteiger partial charge on any atom is -0.445 e. The van der Waals surface area contributed by atoms with E-state index < -0.39 is 5.66 Å². The van der Waals surface area contributed by atoms with E-state index in [9.17, 15) is 9.90 Å². The Morgan fingerprint density at radius 1 is 1.47 bits per heavy atom. The van der Waals surface area contributed by atoms with Gasteiger partial charge in [-0.25, -0.2) is 4.79 Å². The Hall–Kier alpha value is -0.810. The van der Waals surface area contributed by atoms with E-state index in [2.05, 4.69) is 0 Å². The van der Waals surface area contributed by atoms with E-state index >= 15 is 0 Å². The number of nitrogens with zero attached hydrogens (tertiary/aromatic N) is 1. The lowest BCUT2D eigenvalue weighted by Gasteiger charge is -2.51. The zero-order valence-electron chi connectivity index (χ0n) is 9.97. The molecule has 2 heterocycles. The number of rotatable bonds is 1. The first-order chi connectivity index (χ1) is 8.16. The number of ether oxygens (including phenoxy) is 1. The van der Waals surface area contributed by atoms with E-state index in [4.69, 9.17) is 10.5 Å². The number of aliphatic hydroxyl groups is 1. The van der Waals surface area contributed by atoms with Crippen molar-refractivity contribution in [1.82, 2.24) is 4.90 Å². The predicted octanol–water partition coefficient (Wildman–Crippen LogP) is 0.522. The third-order valence-corrected chi connectivity index (χ3v) is 4.89. The van der Waals surface area contributed by atoms with Gasteiger partial charge in [0.1, 0.15) is 12.3 Å². The van der Waals surface area contributed by atoms with Crippen LogP contribution in [0.5, 0.6) is 0 Å². The maximum Gasteiger partial charge on any atom is 0.411 e. The normalized spacial score (nSPS) is 45.2. The maximum atomic E-state index is 11.7. The van der Waals surface area contributed by atoms with E-state index in [1.807, 2.05) is 0 Å². The number of carbonyl (C=O) groups excluding carboxylic acids is 1. The van der Waals surface area contributed by atoms with E-state index in [0.29, 0.717) is 18.4 Å². The van der Waals surface area contributed by atoms with Gasteiger partial charge in [-0.3, -0.25) is 4.90 Å². The lowest BCUT2D eigenvalue weighted by Crippen LogP contribution is -2.68. The second-order valence-corrected chi connectivity index (χ2v) is 5.65. The standard InChI is InChI=1S/C12H20N2O3/c13-12-7-17-11(16)14(12)5-8-3-1-2-4-9(8)10(12)6-15/h8-10,15H,1-7,13H2/t8?,9?,10?,12-/m1/s1. The molecule has 3 fully saturated rings. The smallest absolute Gasteiger partial charge is 0.411 e. The second kappa shape index (κ2) is 3.85. The molecular weight excluding hydrogens is 220 g/mol. The van der Waals surface area contributed by atoms with Gasteiger partial charge in [-0.05, 0) is 24.7 Å². The molecule has 4 atom stereocenters. The number of fused-ring (bicyclic) bond motifs is 2. The summed E-state index contributed by atoms with van der Waals surface area (Å²) < 4.78 is 5.09. The molecule has 0 aromatic carbocycles. The molecule has 1 saturated carbocycles. The number of hydrogen-bond acceptors (Lipinski definition) is 4. The van der Waals surface area contributed by atoms with Gasteiger partial charge in [0, 0.05) is 19.1 Å². The summed E-state index contributed by atoms with van der Waals surface area (Å²) in [5.74, 6) is 0.903. The summed E-state index contributed by atoms with van der Waals surface area (Å²) in [5.41, 5.74) is 5.56. The van der Waals surface area contributed by atoms with Crippen molar-refractivity contribution in [3.63, 3.8) is 0 Å². The van der Waals surface area contributed by atoms with Gasteiger partial charge in [-0.15, -0.1) is 0 Å².